The van der Waals surface area contributed by atoms with E-state index in [1.54, 1.807) is 43.3 Å². The van der Waals surface area contributed by atoms with Crippen LogP contribution in [0.5, 0.6) is 5.75 Å². The number of carbonyl (C=O) groups is 4. The van der Waals surface area contributed by atoms with Crippen molar-refractivity contribution in [2.24, 2.45) is 23.7 Å². The van der Waals surface area contributed by atoms with Crippen LogP contribution in [0.15, 0.2) is 72.4 Å². The number of hydrogen-bond donors (Lipinski definition) is 2. The van der Waals surface area contributed by atoms with Crippen molar-refractivity contribution in [3.05, 3.63) is 99.2 Å². The number of rotatable bonds is 5. The second-order valence-electron chi connectivity index (χ2n) is 12.4. The number of alkyl halides is 3. The second kappa shape index (κ2) is 11.3. The number of fused-ring (bicyclic) bond motifs is 4. The van der Waals surface area contributed by atoms with E-state index in [2.05, 4.69) is 10.4 Å². The monoisotopic (exact) mass is 698 g/mol. The molecule has 2 aromatic carbocycles. The van der Waals surface area contributed by atoms with Gasteiger partial charge in [-0.3, -0.25) is 29.5 Å². The van der Waals surface area contributed by atoms with Crippen LogP contribution in [0, 0.1) is 23.7 Å². The van der Waals surface area contributed by atoms with Crippen molar-refractivity contribution in [3.8, 4) is 5.75 Å². The Morgan fingerprint density at radius 1 is 1.00 bits per heavy atom. The molecule has 0 unspecified atom stereocenters. The van der Waals surface area contributed by atoms with Gasteiger partial charge in [0.05, 0.1) is 33.8 Å². The maximum Gasteiger partial charge on any atom is 0.417 e. The highest BCUT2D eigenvalue weighted by Gasteiger charge is 2.70. The van der Waals surface area contributed by atoms with Crippen LogP contribution < -0.4 is 5.43 Å². The molecule has 1 saturated carbocycles. The Morgan fingerprint density at radius 3 is 2.38 bits per heavy atom. The lowest BCUT2D eigenvalue weighted by Gasteiger charge is -2.50. The Balaban J connectivity index is 1.43. The number of carbonyl (C=O) groups excluding carboxylic acids is 4. The molecule has 2 aliphatic heterocycles. The number of allylic oxidation sites excluding steroid dienone is 2. The van der Waals surface area contributed by atoms with Crippen molar-refractivity contribution in [2.45, 2.75) is 37.3 Å². The van der Waals surface area contributed by atoms with Gasteiger partial charge in [-0.25, -0.2) is 4.98 Å². The van der Waals surface area contributed by atoms with Crippen molar-refractivity contribution < 1.29 is 37.5 Å². The summed E-state index contributed by atoms with van der Waals surface area (Å²) in [5.41, 5.74) is 1.39. The van der Waals surface area contributed by atoms with E-state index >= 15 is 4.79 Å². The number of nitrogens with zero attached hydrogens (tertiary/aromatic N) is 3. The Morgan fingerprint density at radius 2 is 1.73 bits per heavy atom. The predicted molar refractivity (Wildman–Crippen MR) is 167 cm³/mol. The highest BCUT2D eigenvalue weighted by molar-refractivity contribution is 6.33. The normalized spacial score (nSPS) is 28.3. The molecule has 6 atom stereocenters. The first-order chi connectivity index (χ1) is 22.8. The molecule has 9 nitrogen and oxygen atoms in total. The minimum Gasteiger partial charge on any atom is -0.508 e. The maximum absolute atomic E-state index is 15.0. The average molecular weight is 700 g/mol. The number of imide groups is 2. The van der Waals surface area contributed by atoms with Crippen LogP contribution in [-0.2, 0) is 30.8 Å². The summed E-state index contributed by atoms with van der Waals surface area (Å²) in [6.45, 7) is 1.91. The molecule has 2 saturated heterocycles. The molecule has 2 N–H and O–H groups in total. The number of benzene rings is 2. The Bertz CT molecular complexity index is 1920. The zero-order valence-electron chi connectivity index (χ0n) is 25.2. The van der Waals surface area contributed by atoms with E-state index in [4.69, 9.17) is 23.2 Å². The molecule has 3 heterocycles. The van der Waals surface area contributed by atoms with Gasteiger partial charge < -0.3 is 5.11 Å². The number of pyridine rings is 1. The minimum atomic E-state index is -4.73. The number of amides is 4. The smallest absolute Gasteiger partial charge is 0.417 e. The van der Waals surface area contributed by atoms with Crippen molar-refractivity contribution in [2.75, 3.05) is 12.0 Å². The molecule has 0 bridgehead atoms. The Labute approximate surface area is 282 Å². The summed E-state index contributed by atoms with van der Waals surface area (Å²) >= 11 is 12.5. The van der Waals surface area contributed by atoms with E-state index in [1.807, 2.05) is 6.08 Å². The summed E-state index contributed by atoms with van der Waals surface area (Å²) < 4.78 is 40.0. The molecule has 0 radical (unpaired) electrons. The van der Waals surface area contributed by atoms with Gasteiger partial charge in [0.1, 0.15) is 5.75 Å². The number of hydrazine groups is 1. The number of halogens is 5. The first-order valence-corrected chi connectivity index (χ1v) is 16.0. The molecule has 4 amide bonds. The number of anilines is 1. The summed E-state index contributed by atoms with van der Waals surface area (Å²) in [5.74, 6) is -6.58. The van der Waals surface area contributed by atoms with Crippen LogP contribution in [0.1, 0.15) is 42.4 Å². The van der Waals surface area contributed by atoms with Gasteiger partial charge in [0.15, 0.2) is 5.82 Å². The first kappa shape index (κ1) is 32.1. The standard InChI is InChI=1S/C34H27Cl2F3N4O5/c1-2-42-29(45)22-11-10-21-23(26(22)31(42)47)14-24-30(46)43(41-28-25(36)13-18(15-40-28)34(37,38)39)32(48)33(24,17-6-8-19(35)9-7-17)27(21)16-4-3-5-20(44)12-16/h3-10,12-13,15,22-24,26-27,44H,2,11,14H2,1H3,(H,40,41)/t22-,23+,24-,26-,27-,33+/m0/s1. The summed E-state index contributed by atoms with van der Waals surface area (Å²) in [4.78, 5) is 61.6. The minimum absolute atomic E-state index is 0.0123. The highest BCUT2D eigenvalue weighted by Crippen LogP contribution is 2.64. The van der Waals surface area contributed by atoms with Crippen LogP contribution >= 0.6 is 23.2 Å². The number of nitrogens with one attached hydrogen (secondary N) is 1. The van der Waals surface area contributed by atoms with Crippen LogP contribution in [0.2, 0.25) is 10.0 Å². The largest absolute Gasteiger partial charge is 0.508 e. The van der Waals surface area contributed by atoms with Gasteiger partial charge in [0.25, 0.3) is 11.8 Å². The van der Waals surface area contributed by atoms with Gasteiger partial charge in [0, 0.05) is 23.7 Å². The fourth-order valence-corrected chi connectivity index (χ4v) is 8.57. The van der Waals surface area contributed by atoms with Gasteiger partial charge in [-0.1, -0.05) is 59.1 Å². The van der Waals surface area contributed by atoms with E-state index in [0.29, 0.717) is 34.0 Å². The number of aromatic hydroxyl groups is 1. The summed E-state index contributed by atoms with van der Waals surface area (Å²) in [6.07, 6.45) is -2.06. The first-order valence-electron chi connectivity index (χ1n) is 15.3. The van der Waals surface area contributed by atoms with E-state index in [9.17, 15) is 32.7 Å². The van der Waals surface area contributed by atoms with E-state index in [0.717, 1.165) is 5.01 Å². The summed E-state index contributed by atoms with van der Waals surface area (Å²) in [7, 11) is 0. The van der Waals surface area contributed by atoms with Crippen LogP contribution in [0.4, 0.5) is 19.0 Å². The summed E-state index contributed by atoms with van der Waals surface area (Å²) in [5, 5.41) is 11.2. The lowest BCUT2D eigenvalue weighted by molar-refractivity contribution is -0.141. The SMILES string of the molecule is CCN1C(=O)[C@H]2[C@H](CC=C3[C@H]2C[C@H]2C(=O)N(Nc4ncc(C(F)(F)F)cc4Cl)C(=O)[C@@]2(c2ccc(Cl)cc2)[C@H]3c2cccc(O)c2)C1=O. The summed E-state index contributed by atoms with van der Waals surface area (Å²) in [6, 6.07) is 13.4. The molecule has 2 aliphatic carbocycles. The topological polar surface area (TPSA) is 120 Å². The Kier molecular flexibility index (Phi) is 7.59. The number of likely N-dealkylation sites (tertiary alicyclic amines) is 1. The third-order valence-electron chi connectivity index (χ3n) is 10.2. The van der Waals surface area contributed by atoms with Gasteiger partial charge in [-0.15, -0.1) is 0 Å². The molecule has 0 spiro atoms. The molecule has 1 aromatic heterocycles. The second-order valence-corrected chi connectivity index (χ2v) is 13.3. The molecular weight excluding hydrogens is 672 g/mol. The molecule has 3 fully saturated rings. The van der Waals surface area contributed by atoms with E-state index in [1.165, 1.54) is 17.0 Å². The zero-order valence-corrected chi connectivity index (χ0v) is 26.7. The van der Waals surface area contributed by atoms with Gasteiger partial charge in [0.2, 0.25) is 11.8 Å². The maximum atomic E-state index is 15.0. The Hall–Kier alpha value is -4.42. The van der Waals surface area contributed by atoms with Crippen LogP contribution in [0.3, 0.4) is 0 Å². The van der Waals surface area contributed by atoms with Gasteiger partial charge in [-0.05, 0) is 67.1 Å². The molecule has 248 valence electrons. The fourth-order valence-electron chi connectivity index (χ4n) is 8.24. The third-order valence-corrected chi connectivity index (χ3v) is 10.7. The van der Waals surface area contributed by atoms with Crippen LogP contribution in [-0.4, -0.2) is 50.2 Å². The fraction of sp³-hybridized carbons (Fsp3) is 0.324. The lowest BCUT2D eigenvalue weighted by Crippen LogP contribution is -2.53. The molecule has 4 aliphatic rings. The quantitative estimate of drug-likeness (QED) is 0.244. The molecule has 14 heteroatoms. The van der Waals surface area contributed by atoms with Gasteiger partial charge >= 0.3 is 6.18 Å². The number of hydrogen-bond acceptors (Lipinski definition) is 7. The average Bonchev–Trinajstić information content (AvgIpc) is 3.42. The third kappa shape index (κ3) is 4.63. The zero-order chi connectivity index (χ0) is 34.3. The van der Waals surface area contributed by atoms with Crippen molar-refractivity contribution >= 4 is 52.6 Å². The number of aromatic nitrogens is 1. The molecule has 48 heavy (non-hydrogen) atoms. The lowest BCUT2D eigenvalue weighted by atomic mass is 9.49. The molecule has 3 aromatic rings. The molecule has 7 rings (SSSR count). The highest BCUT2D eigenvalue weighted by atomic mass is 35.5. The van der Waals surface area contributed by atoms with Gasteiger partial charge in [-0.2, -0.15) is 18.2 Å². The predicted octanol–water partition coefficient (Wildman–Crippen LogP) is 6.12. The number of phenolic OH excluding ortho intramolecular Hbond substituents is 1. The van der Waals surface area contributed by atoms with E-state index < -0.39 is 63.6 Å². The molecular formula is C34H27Cl2F3N4O5. The van der Waals surface area contributed by atoms with Crippen LogP contribution in [0.25, 0.3) is 0 Å². The van der Waals surface area contributed by atoms with Crippen molar-refractivity contribution in [3.63, 3.8) is 0 Å². The number of phenols is 1. The van der Waals surface area contributed by atoms with E-state index in [-0.39, 0.29) is 42.8 Å². The van der Waals surface area contributed by atoms with Crippen molar-refractivity contribution in [1.29, 1.82) is 0 Å². The van der Waals surface area contributed by atoms with Crippen molar-refractivity contribution in [1.82, 2.24) is 14.9 Å².